The molecule has 366 valence electrons. The van der Waals surface area contributed by atoms with E-state index in [0.717, 1.165) is 64.2 Å². The van der Waals surface area contributed by atoms with Crippen LogP contribution in [0.25, 0.3) is 0 Å². The molecule has 0 heterocycles. The average molecular weight is 874 g/mol. The molecule has 0 aliphatic heterocycles. The lowest BCUT2D eigenvalue weighted by molar-refractivity contribution is -0.143. The van der Waals surface area contributed by atoms with Gasteiger partial charge in [0.1, 0.15) is 0 Å². The number of esters is 1. The minimum Gasteiger partial charge on any atom is -0.466 e. The lowest BCUT2D eigenvalue weighted by Gasteiger charge is -2.22. The van der Waals surface area contributed by atoms with Crippen molar-refractivity contribution in [1.29, 1.82) is 0 Å². The van der Waals surface area contributed by atoms with Gasteiger partial charge >= 0.3 is 5.97 Å². The summed E-state index contributed by atoms with van der Waals surface area (Å²) in [4.78, 5) is 24.5. The van der Waals surface area contributed by atoms with Gasteiger partial charge in [0, 0.05) is 12.8 Å². The predicted octanol–water partition coefficient (Wildman–Crippen LogP) is 16.7. The molecular formula is C56H107NO5. The van der Waals surface area contributed by atoms with E-state index in [4.69, 9.17) is 4.74 Å². The van der Waals surface area contributed by atoms with E-state index in [1.807, 2.05) is 0 Å². The van der Waals surface area contributed by atoms with Crippen molar-refractivity contribution < 1.29 is 24.5 Å². The Bertz CT molecular complexity index is 966. The number of hydrogen-bond donors (Lipinski definition) is 3. The number of carbonyl (C=O) groups is 2. The Hall–Kier alpha value is -1.66. The molecule has 0 spiro atoms. The Morgan fingerprint density at radius 1 is 0.435 bits per heavy atom. The minimum atomic E-state index is -0.674. The van der Waals surface area contributed by atoms with Crippen LogP contribution in [0.2, 0.25) is 0 Å². The van der Waals surface area contributed by atoms with E-state index in [9.17, 15) is 19.8 Å². The van der Waals surface area contributed by atoms with E-state index in [1.54, 1.807) is 0 Å². The van der Waals surface area contributed by atoms with E-state index in [1.165, 1.54) is 199 Å². The maximum Gasteiger partial charge on any atom is 0.305 e. The molecule has 0 aliphatic carbocycles. The minimum absolute atomic E-state index is 0.0120. The quantitative estimate of drug-likeness (QED) is 0.0321. The number of aliphatic hydroxyl groups excluding tert-OH is 2. The van der Waals surface area contributed by atoms with Gasteiger partial charge in [-0.15, -0.1) is 0 Å². The highest BCUT2D eigenvalue weighted by molar-refractivity contribution is 5.76. The molecule has 2 unspecified atom stereocenters. The lowest BCUT2D eigenvalue weighted by atomic mass is 10.0. The summed E-state index contributed by atoms with van der Waals surface area (Å²) in [6.07, 6.45) is 61.5. The fraction of sp³-hybridized carbons (Fsp3) is 0.893. The number of nitrogens with one attached hydrogen (secondary N) is 1. The van der Waals surface area contributed by atoms with Gasteiger partial charge in [0.15, 0.2) is 0 Å². The van der Waals surface area contributed by atoms with Crippen LogP contribution < -0.4 is 5.32 Å². The molecule has 0 aromatic carbocycles. The van der Waals surface area contributed by atoms with Gasteiger partial charge in [-0.05, 0) is 77.0 Å². The molecule has 3 N–H and O–H groups in total. The van der Waals surface area contributed by atoms with Crippen LogP contribution in [0.1, 0.15) is 296 Å². The zero-order chi connectivity index (χ0) is 45.1. The second-order valence-electron chi connectivity index (χ2n) is 18.9. The van der Waals surface area contributed by atoms with Gasteiger partial charge in [-0.2, -0.15) is 0 Å². The molecule has 0 radical (unpaired) electrons. The van der Waals surface area contributed by atoms with Crippen molar-refractivity contribution in [3.05, 3.63) is 24.3 Å². The molecule has 0 aliphatic rings. The molecule has 2 atom stereocenters. The highest BCUT2D eigenvalue weighted by atomic mass is 16.5. The second-order valence-corrected chi connectivity index (χ2v) is 18.9. The summed E-state index contributed by atoms with van der Waals surface area (Å²) in [5.41, 5.74) is 0. The Morgan fingerprint density at radius 2 is 0.758 bits per heavy atom. The fourth-order valence-corrected chi connectivity index (χ4v) is 8.45. The molecule has 0 aromatic heterocycles. The summed E-state index contributed by atoms with van der Waals surface area (Å²) in [6.45, 7) is 4.92. The van der Waals surface area contributed by atoms with E-state index in [0.29, 0.717) is 25.9 Å². The first-order chi connectivity index (χ1) is 30.5. The molecule has 0 aromatic rings. The molecule has 62 heavy (non-hydrogen) atoms. The van der Waals surface area contributed by atoms with Crippen LogP contribution in [0.3, 0.4) is 0 Å². The van der Waals surface area contributed by atoms with Crippen molar-refractivity contribution in [2.45, 2.75) is 309 Å². The first kappa shape index (κ1) is 60.3. The second kappa shape index (κ2) is 52.0. The van der Waals surface area contributed by atoms with E-state index in [-0.39, 0.29) is 18.5 Å². The number of ether oxygens (including phenoxy) is 1. The Labute approximate surface area is 386 Å². The van der Waals surface area contributed by atoms with Crippen LogP contribution in [0.15, 0.2) is 24.3 Å². The maximum absolute atomic E-state index is 12.5. The fourth-order valence-electron chi connectivity index (χ4n) is 8.45. The lowest BCUT2D eigenvalue weighted by Crippen LogP contribution is -2.45. The van der Waals surface area contributed by atoms with Crippen molar-refractivity contribution in [1.82, 2.24) is 5.32 Å². The van der Waals surface area contributed by atoms with E-state index < -0.39 is 12.1 Å². The summed E-state index contributed by atoms with van der Waals surface area (Å²) in [6, 6.07) is -0.553. The van der Waals surface area contributed by atoms with Gasteiger partial charge in [-0.1, -0.05) is 231 Å². The smallest absolute Gasteiger partial charge is 0.305 e. The number of aliphatic hydroxyl groups is 2. The van der Waals surface area contributed by atoms with Gasteiger partial charge in [0.2, 0.25) is 5.91 Å². The molecule has 0 rings (SSSR count). The Balaban J connectivity index is 3.48. The average Bonchev–Trinajstić information content (AvgIpc) is 3.27. The summed E-state index contributed by atoms with van der Waals surface area (Å²) in [5, 5.41) is 23.3. The zero-order valence-electron chi connectivity index (χ0n) is 41.6. The Morgan fingerprint density at radius 3 is 1.16 bits per heavy atom. The largest absolute Gasteiger partial charge is 0.466 e. The van der Waals surface area contributed by atoms with Crippen LogP contribution in [-0.4, -0.2) is 47.4 Å². The zero-order valence-corrected chi connectivity index (χ0v) is 41.6. The van der Waals surface area contributed by atoms with Crippen LogP contribution in [0.5, 0.6) is 0 Å². The van der Waals surface area contributed by atoms with Gasteiger partial charge in [-0.3, -0.25) is 9.59 Å². The van der Waals surface area contributed by atoms with Crippen LogP contribution in [0, 0.1) is 0 Å². The highest BCUT2D eigenvalue weighted by Gasteiger charge is 2.20. The molecule has 6 heteroatoms. The molecule has 0 bridgehead atoms. The number of hydrogen-bond acceptors (Lipinski definition) is 5. The van der Waals surface area contributed by atoms with Gasteiger partial charge < -0.3 is 20.3 Å². The normalized spacial score (nSPS) is 12.8. The Kier molecular flexibility index (Phi) is 50.6. The number of unbranched alkanes of at least 4 members (excludes halogenated alkanes) is 36. The third-order valence-electron chi connectivity index (χ3n) is 12.7. The summed E-state index contributed by atoms with van der Waals surface area (Å²) < 4.78 is 5.45. The van der Waals surface area contributed by atoms with Crippen LogP contribution in [-0.2, 0) is 14.3 Å². The number of amides is 1. The van der Waals surface area contributed by atoms with Crippen molar-refractivity contribution in [2.24, 2.45) is 0 Å². The standard InChI is InChI=1S/C56H107NO5/c1-3-5-7-9-11-13-15-17-18-21-25-28-32-36-40-44-48-54(59)53(52-58)57-55(60)49-45-41-37-33-29-26-22-19-20-23-27-31-35-39-43-47-51-62-56(61)50-46-42-38-34-30-24-16-14-12-10-8-6-4-2/h14,16,19,22,53-54,58-59H,3-13,15,17-18,20-21,23-52H2,1-2H3,(H,57,60)/b16-14-,22-19-. The highest BCUT2D eigenvalue weighted by Crippen LogP contribution is 2.16. The summed E-state index contributed by atoms with van der Waals surface area (Å²) >= 11 is 0. The monoisotopic (exact) mass is 874 g/mol. The molecule has 6 nitrogen and oxygen atoms in total. The van der Waals surface area contributed by atoms with E-state index in [2.05, 4.69) is 43.5 Å². The number of rotatable bonds is 51. The maximum atomic E-state index is 12.5. The SMILES string of the molecule is CCCCCC/C=C\CCCCCCCC(=O)OCCCCCCCCC/C=C\CCCCCCCC(=O)NC(CO)C(O)CCCCCCCCCCCCCCCCCC. The molecule has 0 saturated carbocycles. The van der Waals surface area contributed by atoms with Crippen molar-refractivity contribution >= 4 is 11.9 Å². The van der Waals surface area contributed by atoms with Crippen LogP contribution in [0.4, 0.5) is 0 Å². The first-order valence-corrected chi connectivity index (χ1v) is 27.6. The number of carbonyl (C=O) groups excluding carboxylic acids is 2. The molecular weight excluding hydrogens is 767 g/mol. The van der Waals surface area contributed by atoms with E-state index >= 15 is 0 Å². The van der Waals surface area contributed by atoms with Gasteiger partial charge in [0.25, 0.3) is 0 Å². The topological polar surface area (TPSA) is 95.9 Å². The van der Waals surface area contributed by atoms with Crippen molar-refractivity contribution in [3.8, 4) is 0 Å². The third kappa shape index (κ3) is 47.8. The summed E-state index contributed by atoms with van der Waals surface area (Å²) in [7, 11) is 0. The van der Waals surface area contributed by atoms with Crippen molar-refractivity contribution in [3.63, 3.8) is 0 Å². The first-order valence-electron chi connectivity index (χ1n) is 27.6. The van der Waals surface area contributed by atoms with Gasteiger partial charge in [0.05, 0.1) is 25.4 Å². The van der Waals surface area contributed by atoms with Crippen LogP contribution >= 0.6 is 0 Å². The summed E-state index contributed by atoms with van der Waals surface area (Å²) in [5.74, 6) is -0.0631. The molecule has 1 amide bonds. The number of allylic oxidation sites excluding steroid dienone is 4. The predicted molar refractivity (Wildman–Crippen MR) is 269 cm³/mol. The third-order valence-corrected chi connectivity index (χ3v) is 12.7. The van der Waals surface area contributed by atoms with Crippen molar-refractivity contribution in [2.75, 3.05) is 13.2 Å². The molecule has 0 fully saturated rings. The molecule has 0 saturated heterocycles. The van der Waals surface area contributed by atoms with Gasteiger partial charge in [-0.25, -0.2) is 0 Å².